The van der Waals surface area contributed by atoms with Crippen LogP contribution in [0.3, 0.4) is 0 Å². The molecule has 1 aliphatic rings. The second kappa shape index (κ2) is 6.21. The van der Waals surface area contributed by atoms with Crippen LogP contribution in [0.15, 0.2) is 0 Å². The average molecular weight is 228 g/mol. The largest absolute Gasteiger partial charge is 0.376 e. The summed E-state index contributed by atoms with van der Waals surface area (Å²) in [6.07, 6.45) is 2.95. The molecule has 2 N–H and O–H groups in total. The first kappa shape index (κ1) is 13.5. The maximum absolute atomic E-state index is 11.5. The van der Waals surface area contributed by atoms with E-state index in [1.54, 1.807) is 0 Å². The number of hydrogen-bond acceptors (Lipinski definition) is 3. The van der Waals surface area contributed by atoms with Crippen LogP contribution in [0.2, 0.25) is 0 Å². The van der Waals surface area contributed by atoms with Gasteiger partial charge in [0.25, 0.3) is 0 Å². The Hall–Kier alpha value is -0.610. The highest BCUT2D eigenvalue weighted by molar-refractivity contribution is 5.76. The second-order valence-electron chi connectivity index (χ2n) is 5.37. The van der Waals surface area contributed by atoms with Gasteiger partial charge in [-0.3, -0.25) is 4.79 Å². The molecular weight excluding hydrogens is 204 g/mol. The molecule has 1 amide bonds. The molecule has 0 aromatic carbocycles. The molecule has 1 saturated heterocycles. The van der Waals surface area contributed by atoms with Crippen LogP contribution in [0.5, 0.6) is 0 Å². The van der Waals surface area contributed by atoms with Gasteiger partial charge in [-0.1, -0.05) is 0 Å². The monoisotopic (exact) mass is 228 g/mol. The fourth-order valence-electron chi connectivity index (χ4n) is 1.67. The Labute approximate surface area is 98.1 Å². The summed E-state index contributed by atoms with van der Waals surface area (Å²) in [6, 6.07) is 0. The zero-order valence-electron chi connectivity index (χ0n) is 10.6. The summed E-state index contributed by atoms with van der Waals surface area (Å²) in [5.74, 6) is 0.104. The quantitative estimate of drug-likeness (QED) is 0.740. The van der Waals surface area contributed by atoms with Crippen LogP contribution in [0.1, 0.15) is 40.0 Å². The van der Waals surface area contributed by atoms with E-state index >= 15 is 0 Å². The minimum Gasteiger partial charge on any atom is -0.376 e. The fraction of sp³-hybridized carbons (Fsp3) is 0.917. The number of carbonyl (C=O) groups is 1. The zero-order chi connectivity index (χ0) is 12.0. The van der Waals surface area contributed by atoms with Crippen LogP contribution >= 0.6 is 0 Å². The smallest absolute Gasteiger partial charge is 0.221 e. The van der Waals surface area contributed by atoms with Gasteiger partial charge in [-0.25, -0.2) is 0 Å². The predicted molar refractivity (Wildman–Crippen MR) is 64.4 cm³/mol. The second-order valence-corrected chi connectivity index (χ2v) is 5.37. The number of ether oxygens (including phenoxy) is 1. The van der Waals surface area contributed by atoms with Crippen LogP contribution in [0.25, 0.3) is 0 Å². The summed E-state index contributed by atoms with van der Waals surface area (Å²) < 4.78 is 5.43. The van der Waals surface area contributed by atoms with Gasteiger partial charge in [-0.05, 0) is 33.6 Å². The molecule has 0 aliphatic carbocycles. The van der Waals surface area contributed by atoms with Crippen molar-refractivity contribution in [2.24, 2.45) is 0 Å². The lowest BCUT2D eigenvalue weighted by Gasteiger charge is -2.20. The lowest BCUT2D eigenvalue weighted by atomic mass is 10.1. The molecule has 1 rings (SSSR count). The number of nitrogens with one attached hydrogen (secondary N) is 2. The first-order valence-corrected chi connectivity index (χ1v) is 6.11. The molecule has 4 nitrogen and oxygen atoms in total. The Kier molecular flexibility index (Phi) is 5.22. The lowest BCUT2D eigenvalue weighted by Crippen LogP contribution is -2.39. The SMILES string of the molecule is CC(C)(C)NCCC(=O)NCC1CCCO1. The van der Waals surface area contributed by atoms with Crippen LogP contribution in [0, 0.1) is 0 Å². The third kappa shape index (κ3) is 6.08. The summed E-state index contributed by atoms with van der Waals surface area (Å²) in [7, 11) is 0. The highest BCUT2D eigenvalue weighted by Gasteiger charge is 2.16. The highest BCUT2D eigenvalue weighted by atomic mass is 16.5. The fourth-order valence-corrected chi connectivity index (χ4v) is 1.67. The Balaban J connectivity index is 2.02. The molecule has 1 heterocycles. The molecule has 0 aromatic rings. The van der Waals surface area contributed by atoms with Crippen LogP contribution in [-0.4, -0.2) is 37.2 Å². The standard InChI is InChI=1S/C12H24N2O2/c1-12(2,3)14-7-6-11(15)13-9-10-5-4-8-16-10/h10,14H,4-9H2,1-3H3,(H,13,15). The van der Waals surface area contributed by atoms with E-state index in [2.05, 4.69) is 31.4 Å². The van der Waals surface area contributed by atoms with Crippen molar-refractivity contribution in [1.29, 1.82) is 0 Å². The summed E-state index contributed by atoms with van der Waals surface area (Å²) in [5, 5.41) is 6.20. The van der Waals surface area contributed by atoms with E-state index in [1.165, 1.54) is 0 Å². The summed E-state index contributed by atoms with van der Waals surface area (Å²) in [6.45, 7) is 8.51. The van der Waals surface area contributed by atoms with Crippen molar-refractivity contribution in [2.75, 3.05) is 19.7 Å². The summed E-state index contributed by atoms with van der Waals surface area (Å²) >= 11 is 0. The molecule has 0 spiro atoms. The molecule has 1 fully saturated rings. The Morgan fingerprint density at radius 2 is 2.19 bits per heavy atom. The van der Waals surface area contributed by atoms with Gasteiger partial charge in [-0.15, -0.1) is 0 Å². The maximum atomic E-state index is 11.5. The van der Waals surface area contributed by atoms with E-state index in [0.29, 0.717) is 13.0 Å². The molecule has 16 heavy (non-hydrogen) atoms. The van der Waals surface area contributed by atoms with Crippen LogP contribution in [-0.2, 0) is 9.53 Å². The lowest BCUT2D eigenvalue weighted by molar-refractivity contribution is -0.121. The van der Waals surface area contributed by atoms with Crippen molar-refractivity contribution < 1.29 is 9.53 Å². The van der Waals surface area contributed by atoms with Gasteiger partial charge < -0.3 is 15.4 Å². The topological polar surface area (TPSA) is 50.4 Å². The van der Waals surface area contributed by atoms with Gasteiger partial charge >= 0.3 is 0 Å². The maximum Gasteiger partial charge on any atom is 0.221 e. The van der Waals surface area contributed by atoms with E-state index in [9.17, 15) is 4.79 Å². The van der Waals surface area contributed by atoms with Crippen molar-refractivity contribution in [3.63, 3.8) is 0 Å². The van der Waals surface area contributed by atoms with Gasteiger partial charge in [0.05, 0.1) is 6.10 Å². The minimum atomic E-state index is 0.0782. The third-order valence-electron chi connectivity index (χ3n) is 2.56. The van der Waals surface area contributed by atoms with E-state index < -0.39 is 0 Å². The van der Waals surface area contributed by atoms with E-state index in [0.717, 1.165) is 26.0 Å². The van der Waals surface area contributed by atoms with Crippen molar-refractivity contribution in [3.8, 4) is 0 Å². The van der Waals surface area contributed by atoms with Crippen LogP contribution in [0.4, 0.5) is 0 Å². The molecule has 4 heteroatoms. The molecule has 0 saturated carbocycles. The van der Waals surface area contributed by atoms with E-state index in [1.807, 2.05) is 0 Å². The average Bonchev–Trinajstić information content (AvgIpc) is 2.65. The molecule has 0 radical (unpaired) electrons. The molecule has 1 unspecified atom stereocenters. The number of rotatable bonds is 5. The molecular formula is C12H24N2O2. The van der Waals surface area contributed by atoms with Gasteiger partial charge in [0.15, 0.2) is 0 Å². The summed E-state index contributed by atoms with van der Waals surface area (Å²) in [4.78, 5) is 11.5. The third-order valence-corrected chi connectivity index (χ3v) is 2.56. The van der Waals surface area contributed by atoms with Gasteiger partial charge in [-0.2, -0.15) is 0 Å². The first-order chi connectivity index (χ1) is 7.47. The van der Waals surface area contributed by atoms with E-state index in [-0.39, 0.29) is 17.6 Å². The Morgan fingerprint density at radius 1 is 1.44 bits per heavy atom. The normalized spacial score (nSPS) is 21.1. The van der Waals surface area contributed by atoms with E-state index in [4.69, 9.17) is 4.74 Å². The molecule has 0 aromatic heterocycles. The molecule has 1 aliphatic heterocycles. The van der Waals surface area contributed by atoms with Gasteiger partial charge in [0.1, 0.15) is 0 Å². The minimum absolute atomic E-state index is 0.0782. The van der Waals surface area contributed by atoms with Crippen molar-refractivity contribution in [3.05, 3.63) is 0 Å². The van der Waals surface area contributed by atoms with Crippen molar-refractivity contribution in [2.45, 2.75) is 51.7 Å². The first-order valence-electron chi connectivity index (χ1n) is 6.11. The van der Waals surface area contributed by atoms with Crippen LogP contribution < -0.4 is 10.6 Å². The number of hydrogen-bond donors (Lipinski definition) is 2. The van der Waals surface area contributed by atoms with Gasteiger partial charge in [0.2, 0.25) is 5.91 Å². The Morgan fingerprint density at radius 3 is 2.75 bits per heavy atom. The van der Waals surface area contributed by atoms with Crippen molar-refractivity contribution in [1.82, 2.24) is 10.6 Å². The number of carbonyl (C=O) groups excluding carboxylic acids is 1. The zero-order valence-corrected chi connectivity index (χ0v) is 10.6. The molecule has 94 valence electrons. The highest BCUT2D eigenvalue weighted by Crippen LogP contribution is 2.10. The number of amides is 1. The molecule has 1 atom stereocenters. The van der Waals surface area contributed by atoms with Gasteiger partial charge in [0, 0.05) is 31.7 Å². The Bertz CT molecular complexity index is 218. The summed E-state index contributed by atoms with van der Waals surface area (Å²) in [5.41, 5.74) is 0.0782. The van der Waals surface area contributed by atoms with Crippen molar-refractivity contribution >= 4 is 5.91 Å². The predicted octanol–water partition coefficient (Wildman–Crippen LogP) is 1.06. The molecule has 0 bridgehead atoms.